The highest BCUT2D eigenvalue weighted by atomic mass is 33.1. The van der Waals surface area contributed by atoms with Crippen molar-refractivity contribution >= 4 is 51.6 Å². The van der Waals surface area contributed by atoms with E-state index in [4.69, 9.17) is 28.8 Å². The predicted molar refractivity (Wildman–Crippen MR) is 309 cm³/mol. The first kappa shape index (κ1) is 69.5. The molecule has 0 saturated heterocycles. The molecule has 1 amide bonds. The van der Waals surface area contributed by atoms with Gasteiger partial charge >= 0.3 is 30.0 Å². The Morgan fingerprint density at radius 3 is 1.47 bits per heavy atom. The molecule has 0 aliphatic carbocycles. The van der Waals surface area contributed by atoms with E-state index in [1.54, 1.807) is 31.2 Å². The number of aliphatic hydroxyl groups is 1. The van der Waals surface area contributed by atoms with Crippen molar-refractivity contribution in [2.24, 2.45) is 5.41 Å². The van der Waals surface area contributed by atoms with E-state index in [0.717, 1.165) is 70.8 Å². The van der Waals surface area contributed by atoms with Gasteiger partial charge in [-0.25, -0.2) is 4.79 Å². The van der Waals surface area contributed by atoms with Crippen LogP contribution in [0, 0.1) is 5.41 Å². The van der Waals surface area contributed by atoms with Crippen molar-refractivity contribution in [3.8, 4) is 5.75 Å². The maximum Gasteiger partial charge on any atom is 0.407 e. The number of ether oxygens (including phenoxy) is 5. The average Bonchev–Trinajstić information content (AvgIpc) is 3.40. The topological polar surface area (TPSA) is 167 Å². The lowest BCUT2D eigenvalue weighted by Crippen LogP contribution is -2.41. The minimum absolute atomic E-state index is 0.0310. The lowest BCUT2D eigenvalue weighted by molar-refractivity contribution is -0.164. The summed E-state index contributed by atoms with van der Waals surface area (Å²) in [5.74, 6) is -0.514. The van der Waals surface area contributed by atoms with Crippen LogP contribution in [-0.4, -0.2) is 111 Å². The van der Waals surface area contributed by atoms with E-state index in [1.807, 2.05) is 11.9 Å². The molecule has 0 radical (unpaired) electrons. The second-order valence-electron chi connectivity index (χ2n) is 20.1. The van der Waals surface area contributed by atoms with Crippen LogP contribution >= 0.6 is 21.6 Å². The van der Waals surface area contributed by atoms with E-state index in [1.165, 1.54) is 111 Å². The summed E-state index contributed by atoms with van der Waals surface area (Å²) >= 11 is 0. The molecule has 1 rings (SSSR count). The molecule has 0 heterocycles. The fraction of sp³-hybridized carbons (Fsp3) is 0.750. The van der Waals surface area contributed by atoms with Gasteiger partial charge in [-0.3, -0.25) is 19.2 Å². The van der Waals surface area contributed by atoms with Crippen LogP contribution < -0.4 is 10.1 Å². The predicted octanol–water partition coefficient (Wildman–Crippen LogP) is 14.3. The largest absolute Gasteiger partial charge is 0.465 e. The van der Waals surface area contributed by atoms with Crippen molar-refractivity contribution in [3.63, 3.8) is 0 Å². The molecule has 0 fully saturated rings. The van der Waals surface area contributed by atoms with Crippen LogP contribution in [0.4, 0.5) is 4.79 Å². The molecule has 0 aromatic heterocycles. The zero-order valence-corrected chi connectivity index (χ0v) is 48.8. The molecule has 0 bridgehead atoms. The van der Waals surface area contributed by atoms with Gasteiger partial charge in [0.2, 0.25) is 0 Å². The first-order valence-corrected chi connectivity index (χ1v) is 31.5. The van der Waals surface area contributed by atoms with Gasteiger partial charge in [-0.15, -0.1) is 0 Å². The van der Waals surface area contributed by atoms with E-state index in [-0.39, 0.29) is 58.0 Å². The summed E-state index contributed by atoms with van der Waals surface area (Å²) < 4.78 is 27.6. The van der Waals surface area contributed by atoms with Crippen molar-refractivity contribution in [3.05, 3.63) is 54.1 Å². The molecular formula is C60H102N2O11S2. The number of carbonyl (C=O) groups excluding carboxylic acids is 5. The molecular weight excluding hydrogens is 989 g/mol. The number of benzene rings is 1. The summed E-state index contributed by atoms with van der Waals surface area (Å²) in [5.41, 5.74) is -0.777. The molecule has 2 N–H and O–H groups in total. The number of hydrogen-bond acceptors (Lipinski definition) is 14. The summed E-state index contributed by atoms with van der Waals surface area (Å²) in [6.07, 6.45) is 40.1. The van der Waals surface area contributed by atoms with Crippen LogP contribution in [0.5, 0.6) is 5.75 Å². The van der Waals surface area contributed by atoms with E-state index < -0.39 is 35.4 Å². The smallest absolute Gasteiger partial charge is 0.407 e. The van der Waals surface area contributed by atoms with Crippen molar-refractivity contribution < 1.29 is 52.8 Å². The summed E-state index contributed by atoms with van der Waals surface area (Å²) in [6, 6.07) is 6.54. The zero-order valence-electron chi connectivity index (χ0n) is 47.2. The number of likely N-dealkylation sites (N-methyl/N-ethyl adjacent to an activating group) is 1. The lowest BCUT2D eigenvalue weighted by Gasteiger charge is -2.26. The number of nitrogens with zero attached hydrogens (tertiary/aromatic N) is 1. The van der Waals surface area contributed by atoms with E-state index >= 15 is 0 Å². The molecule has 0 unspecified atom stereocenters. The Labute approximate surface area is 462 Å². The molecule has 1 aromatic rings. The zero-order chi connectivity index (χ0) is 54.7. The van der Waals surface area contributed by atoms with E-state index in [0.29, 0.717) is 49.4 Å². The van der Waals surface area contributed by atoms with Crippen LogP contribution in [0.2, 0.25) is 0 Å². The summed E-state index contributed by atoms with van der Waals surface area (Å²) in [6.45, 7) is 7.98. The Morgan fingerprint density at radius 1 is 0.560 bits per heavy atom. The maximum absolute atomic E-state index is 13.8. The third-order valence-corrected chi connectivity index (χ3v) is 15.1. The monoisotopic (exact) mass is 1090 g/mol. The first-order valence-electron chi connectivity index (χ1n) is 29.1. The van der Waals surface area contributed by atoms with Gasteiger partial charge in [-0.05, 0) is 102 Å². The van der Waals surface area contributed by atoms with Crippen molar-refractivity contribution in [2.75, 3.05) is 71.2 Å². The minimum atomic E-state index is -1.45. The number of carbonyl (C=O) groups is 5. The first-order chi connectivity index (χ1) is 36.5. The summed E-state index contributed by atoms with van der Waals surface area (Å²) in [4.78, 5) is 66.0. The molecule has 75 heavy (non-hydrogen) atoms. The highest BCUT2D eigenvalue weighted by molar-refractivity contribution is 8.76. The van der Waals surface area contributed by atoms with E-state index in [9.17, 15) is 24.0 Å². The Morgan fingerprint density at radius 2 is 1.00 bits per heavy atom. The molecule has 0 spiro atoms. The molecule has 430 valence electrons. The van der Waals surface area contributed by atoms with Gasteiger partial charge in [0.15, 0.2) is 0 Å². The van der Waals surface area contributed by atoms with Crippen molar-refractivity contribution in [2.45, 2.75) is 213 Å². The summed E-state index contributed by atoms with van der Waals surface area (Å²) in [7, 11) is 4.96. The molecule has 0 aliphatic heterocycles. The number of hydrogen-bond donors (Lipinski definition) is 2. The summed E-state index contributed by atoms with van der Waals surface area (Å²) in [5, 5.41) is 11.6. The highest BCUT2D eigenvalue weighted by Gasteiger charge is 2.39. The Bertz CT molecular complexity index is 1590. The van der Waals surface area contributed by atoms with Crippen molar-refractivity contribution in [1.82, 2.24) is 10.2 Å². The molecule has 0 aliphatic rings. The third kappa shape index (κ3) is 43.2. The fourth-order valence-corrected chi connectivity index (χ4v) is 9.57. The molecule has 0 saturated carbocycles. The maximum atomic E-state index is 13.8. The molecule has 1 aromatic carbocycles. The van der Waals surface area contributed by atoms with Gasteiger partial charge in [0.25, 0.3) is 0 Å². The molecule has 0 atom stereocenters. The second-order valence-corrected chi connectivity index (χ2v) is 22.8. The van der Waals surface area contributed by atoms with Crippen LogP contribution in [0.15, 0.2) is 48.6 Å². The number of nitrogens with one attached hydrogen (secondary N) is 1. The van der Waals surface area contributed by atoms with Gasteiger partial charge in [-0.2, -0.15) is 0 Å². The minimum Gasteiger partial charge on any atom is -0.465 e. The van der Waals surface area contributed by atoms with Crippen LogP contribution in [-0.2, 0) is 44.5 Å². The molecule has 13 nitrogen and oxygen atoms in total. The lowest BCUT2D eigenvalue weighted by atomic mass is 9.93. The Kier molecular flexibility index (Phi) is 46.3. The number of allylic oxidation sites excluding steroid dienone is 4. The Balaban J connectivity index is 2.54. The Hall–Kier alpha value is -3.53. The number of unbranched alkanes of at least 4 members (excludes halogenated alkanes) is 22. The average molecular weight is 1090 g/mol. The number of amides is 1. The fourth-order valence-electron chi connectivity index (χ4n) is 7.91. The second kappa shape index (κ2) is 50.0. The van der Waals surface area contributed by atoms with Crippen LogP contribution in [0.3, 0.4) is 0 Å². The number of alkyl carbamates (subject to hydrolysis) is 1. The normalized spacial score (nSPS) is 11.7. The number of rotatable bonds is 51. The van der Waals surface area contributed by atoms with Gasteiger partial charge in [0.1, 0.15) is 37.6 Å². The van der Waals surface area contributed by atoms with Crippen LogP contribution in [0.1, 0.15) is 213 Å². The number of aliphatic hydroxyl groups excluding tert-OH is 1. The molecule has 15 heteroatoms. The SMILES string of the molecule is CCCCCCCC/C=C\CCCCCCCC(=O)OCC(C)(COC(=O)CCCCCCC/C=C\CCCCCCCC)C(=O)Oc1ccc(CC(=O)OCCSSCCOC(=O)NCCN(C)CCCO)cc1. The van der Waals surface area contributed by atoms with Gasteiger partial charge in [0, 0.05) is 50.6 Å². The highest BCUT2D eigenvalue weighted by Crippen LogP contribution is 2.25. The van der Waals surface area contributed by atoms with Crippen LogP contribution in [0.25, 0.3) is 0 Å². The number of esters is 4. The third-order valence-electron chi connectivity index (χ3n) is 12.7. The van der Waals surface area contributed by atoms with Gasteiger partial charge in [-0.1, -0.05) is 175 Å². The quantitative estimate of drug-likeness (QED) is 0.0158. The standard InChI is InChI=1S/C60H102N2O11S2/c1-5-7-9-11-13-15-17-19-21-23-25-27-29-31-33-36-55(64)71-51-60(3,52-72-56(65)37-34-32-30-28-26-24-22-20-18-16-14-12-10-8-6-2)58(67)73-54-40-38-53(39-41-54)50-57(66)69-46-48-74-75-49-47-70-59(68)61-42-44-62(4)43-35-45-63/h19-22,38-41,63H,5-18,23-37,42-52H2,1-4H3,(H,61,68)/b21-19-,22-20-. The van der Waals surface area contributed by atoms with Gasteiger partial charge < -0.3 is 39.0 Å². The van der Waals surface area contributed by atoms with Gasteiger partial charge in [0.05, 0.1) is 6.42 Å². The van der Waals surface area contributed by atoms with E-state index in [2.05, 4.69) is 43.5 Å². The van der Waals surface area contributed by atoms with Crippen molar-refractivity contribution in [1.29, 1.82) is 0 Å².